The van der Waals surface area contributed by atoms with Crippen molar-refractivity contribution in [2.24, 2.45) is 5.92 Å². The lowest BCUT2D eigenvalue weighted by Gasteiger charge is -2.16. The largest absolute Gasteiger partial charge is 0.354 e. The van der Waals surface area contributed by atoms with E-state index in [4.69, 9.17) is 15.0 Å². The number of anilines is 3. The molecule has 0 saturated heterocycles. The lowest BCUT2D eigenvalue weighted by Crippen LogP contribution is -2.17. The predicted molar refractivity (Wildman–Crippen MR) is 180 cm³/mol. The second kappa shape index (κ2) is 14.1. The van der Waals surface area contributed by atoms with Crippen LogP contribution in [0.5, 0.6) is 0 Å². The van der Waals surface area contributed by atoms with Gasteiger partial charge < -0.3 is 16.0 Å². The summed E-state index contributed by atoms with van der Waals surface area (Å²) < 4.78 is 1.80. The summed E-state index contributed by atoms with van der Waals surface area (Å²) in [6.07, 6.45) is 10.4. The highest BCUT2D eigenvalue weighted by Crippen LogP contribution is 2.31. The van der Waals surface area contributed by atoms with E-state index in [1.807, 2.05) is 55.7 Å². The Morgan fingerprint density at radius 2 is 1.89 bits per heavy atom. The zero-order valence-corrected chi connectivity index (χ0v) is 26.3. The maximum atomic E-state index is 12.1. The average Bonchev–Trinajstić information content (AvgIpc) is 3.46. The molecule has 9 heteroatoms. The maximum absolute atomic E-state index is 12.1. The summed E-state index contributed by atoms with van der Waals surface area (Å²) in [4.78, 5) is 26.6. The number of carbonyl (C=O) groups is 1. The molecule has 0 radical (unpaired) electrons. The van der Waals surface area contributed by atoms with Crippen LogP contribution in [-0.4, -0.2) is 37.0 Å². The third-order valence-electron chi connectivity index (χ3n) is 7.90. The lowest BCUT2D eigenvalue weighted by molar-refractivity contribution is -0.111. The standard InChI is InChI=1S/C35H42N8O/c1-6-11-24(8-3)20-37-34-41-33-30(23(4)5)22-39-43(33)35(42-34)38-21-26-13-9-10-14-28(26)32-29-16-15-27(40-31(44)12-7-2)19-25(29)17-18-36-32/h7,9-10,12-19,22-24H,6,8,11,20-21H2,1-5H3,(H,40,44)(H2,37,38,41,42)/b12-7+. The van der Waals surface area contributed by atoms with Crippen LogP contribution in [-0.2, 0) is 11.3 Å². The summed E-state index contributed by atoms with van der Waals surface area (Å²) >= 11 is 0. The van der Waals surface area contributed by atoms with Crippen LogP contribution in [0.15, 0.2) is 73.1 Å². The van der Waals surface area contributed by atoms with E-state index >= 15 is 0 Å². The van der Waals surface area contributed by atoms with Gasteiger partial charge in [0.15, 0.2) is 5.65 Å². The van der Waals surface area contributed by atoms with Crippen LogP contribution in [0, 0.1) is 5.92 Å². The number of hydrogen-bond acceptors (Lipinski definition) is 7. The molecule has 1 amide bonds. The van der Waals surface area contributed by atoms with Gasteiger partial charge in [0.2, 0.25) is 17.8 Å². The molecule has 228 valence electrons. The van der Waals surface area contributed by atoms with Crippen LogP contribution in [0.3, 0.4) is 0 Å². The Morgan fingerprint density at radius 1 is 1.05 bits per heavy atom. The van der Waals surface area contributed by atoms with Crippen molar-refractivity contribution in [3.05, 3.63) is 84.2 Å². The molecule has 3 N–H and O–H groups in total. The van der Waals surface area contributed by atoms with Crippen LogP contribution in [0.25, 0.3) is 27.7 Å². The van der Waals surface area contributed by atoms with E-state index in [9.17, 15) is 4.79 Å². The minimum atomic E-state index is -0.154. The third-order valence-corrected chi connectivity index (χ3v) is 7.90. The maximum Gasteiger partial charge on any atom is 0.248 e. The highest BCUT2D eigenvalue weighted by atomic mass is 16.1. The summed E-state index contributed by atoms with van der Waals surface area (Å²) in [6.45, 7) is 11.9. The molecule has 5 rings (SSSR count). The molecule has 0 aliphatic heterocycles. The van der Waals surface area contributed by atoms with E-state index in [0.29, 0.717) is 24.4 Å². The number of pyridine rings is 1. The number of carbonyl (C=O) groups excluding carboxylic acids is 1. The Morgan fingerprint density at radius 3 is 2.66 bits per heavy atom. The molecule has 0 spiro atoms. The summed E-state index contributed by atoms with van der Waals surface area (Å²) in [7, 11) is 0. The minimum Gasteiger partial charge on any atom is -0.354 e. The monoisotopic (exact) mass is 590 g/mol. The van der Waals surface area contributed by atoms with Crippen molar-refractivity contribution in [2.75, 3.05) is 22.5 Å². The third kappa shape index (κ3) is 6.88. The first-order chi connectivity index (χ1) is 21.4. The van der Waals surface area contributed by atoms with Crippen LogP contribution >= 0.6 is 0 Å². The van der Waals surface area contributed by atoms with Gasteiger partial charge in [-0.3, -0.25) is 9.78 Å². The summed E-state index contributed by atoms with van der Waals surface area (Å²) in [6, 6.07) is 16.1. The topological polar surface area (TPSA) is 109 Å². The quantitative estimate of drug-likeness (QED) is 0.120. The number of rotatable bonds is 13. The second-order valence-corrected chi connectivity index (χ2v) is 11.4. The lowest BCUT2D eigenvalue weighted by atomic mass is 9.99. The van der Waals surface area contributed by atoms with Gasteiger partial charge in [0.1, 0.15) is 0 Å². The molecule has 1 unspecified atom stereocenters. The smallest absolute Gasteiger partial charge is 0.248 e. The molecule has 0 saturated carbocycles. The molecule has 1 atom stereocenters. The first-order valence-electron chi connectivity index (χ1n) is 15.6. The van der Waals surface area contributed by atoms with E-state index in [-0.39, 0.29) is 11.8 Å². The van der Waals surface area contributed by atoms with Crippen molar-refractivity contribution in [3.63, 3.8) is 0 Å². The van der Waals surface area contributed by atoms with Crippen LogP contribution in [0.4, 0.5) is 17.6 Å². The molecule has 0 aliphatic carbocycles. The van der Waals surface area contributed by atoms with Crippen molar-refractivity contribution < 1.29 is 4.79 Å². The van der Waals surface area contributed by atoms with E-state index in [1.54, 1.807) is 10.6 Å². The molecule has 5 aromatic rings. The molecule has 0 bridgehead atoms. The Balaban J connectivity index is 1.45. The van der Waals surface area contributed by atoms with E-state index in [2.05, 4.69) is 60.9 Å². The van der Waals surface area contributed by atoms with Gasteiger partial charge in [-0.15, -0.1) is 0 Å². The fourth-order valence-electron chi connectivity index (χ4n) is 5.48. The molecule has 3 heterocycles. The number of aromatic nitrogens is 5. The summed E-state index contributed by atoms with van der Waals surface area (Å²) in [5, 5.41) is 16.6. The molecule has 44 heavy (non-hydrogen) atoms. The van der Waals surface area contributed by atoms with Crippen molar-refractivity contribution in [1.82, 2.24) is 24.6 Å². The number of hydrogen-bond donors (Lipinski definition) is 3. The Kier molecular flexibility index (Phi) is 9.84. The molecular weight excluding hydrogens is 548 g/mol. The van der Waals surface area contributed by atoms with Gasteiger partial charge >= 0.3 is 0 Å². The number of fused-ring (bicyclic) bond motifs is 2. The molecule has 0 fully saturated rings. The van der Waals surface area contributed by atoms with Crippen LogP contribution in [0.1, 0.15) is 70.9 Å². The zero-order chi connectivity index (χ0) is 31.1. The molecular formula is C35H42N8O. The first kappa shape index (κ1) is 30.7. The average molecular weight is 591 g/mol. The number of benzene rings is 2. The van der Waals surface area contributed by atoms with Gasteiger partial charge in [-0.1, -0.05) is 76.9 Å². The van der Waals surface area contributed by atoms with Crippen LogP contribution < -0.4 is 16.0 Å². The highest BCUT2D eigenvalue weighted by molar-refractivity contribution is 6.02. The van der Waals surface area contributed by atoms with E-state index in [0.717, 1.165) is 63.9 Å². The number of amides is 1. The molecule has 9 nitrogen and oxygen atoms in total. The van der Waals surface area contributed by atoms with E-state index < -0.39 is 0 Å². The Hall–Kier alpha value is -4.79. The Bertz CT molecular complexity index is 1770. The first-order valence-corrected chi connectivity index (χ1v) is 15.6. The van der Waals surface area contributed by atoms with Gasteiger partial charge in [-0.25, -0.2) is 0 Å². The number of allylic oxidation sites excluding steroid dienone is 1. The van der Waals surface area contributed by atoms with Crippen molar-refractivity contribution in [3.8, 4) is 11.3 Å². The van der Waals surface area contributed by atoms with Gasteiger partial charge in [0.25, 0.3) is 0 Å². The number of nitrogens with one attached hydrogen (secondary N) is 3. The van der Waals surface area contributed by atoms with Crippen molar-refractivity contribution in [2.45, 2.75) is 66.3 Å². The fourth-order valence-corrected chi connectivity index (χ4v) is 5.48. The molecule has 3 aromatic heterocycles. The van der Waals surface area contributed by atoms with Crippen molar-refractivity contribution in [1.29, 1.82) is 0 Å². The minimum absolute atomic E-state index is 0.154. The zero-order valence-electron chi connectivity index (χ0n) is 26.3. The summed E-state index contributed by atoms with van der Waals surface area (Å²) in [5.41, 5.74) is 5.61. The van der Waals surface area contributed by atoms with Crippen molar-refractivity contribution >= 4 is 39.9 Å². The predicted octanol–water partition coefficient (Wildman–Crippen LogP) is 7.83. The van der Waals surface area contributed by atoms with Gasteiger partial charge in [-0.05, 0) is 60.4 Å². The normalized spacial score (nSPS) is 12.3. The molecule has 0 aliphatic rings. The second-order valence-electron chi connectivity index (χ2n) is 11.4. The van der Waals surface area contributed by atoms with Crippen LogP contribution in [0.2, 0.25) is 0 Å². The van der Waals surface area contributed by atoms with E-state index in [1.165, 1.54) is 12.5 Å². The molecule has 2 aromatic carbocycles. The number of nitrogens with zero attached hydrogens (tertiary/aromatic N) is 5. The van der Waals surface area contributed by atoms with Gasteiger partial charge in [0.05, 0.1) is 11.9 Å². The van der Waals surface area contributed by atoms with Gasteiger partial charge in [0, 0.05) is 41.5 Å². The fraction of sp³-hybridized carbons (Fsp3) is 0.343. The SMILES string of the molecule is C/C=C/C(=O)Nc1ccc2c(-c3ccccc3CNc3nc(NCC(CC)CCC)nc4c(C(C)C)cnn34)nccc2c1. The summed E-state index contributed by atoms with van der Waals surface area (Å²) in [5.74, 6) is 1.94. The van der Waals surface area contributed by atoms with Gasteiger partial charge in [-0.2, -0.15) is 19.6 Å². The highest BCUT2D eigenvalue weighted by Gasteiger charge is 2.17. The Labute approximate surface area is 259 Å².